The van der Waals surface area contributed by atoms with Crippen LogP contribution < -0.4 is 4.90 Å². The van der Waals surface area contributed by atoms with Crippen molar-refractivity contribution in [3.8, 4) is 33.4 Å². The lowest BCUT2D eigenvalue weighted by Gasteiger charge is -2.26. The van der Waals surface area contributed by atoms with Gasteiger partial charge in [0.15, 0.2) is 5.58 Å². The Labute approximate surface area is 361 Å². The van der Waals surface area contributed by atoms with E-state index < -0.39 is 0 Å². The van der Waals surface area contributed by atoms with Gasteiger partial charge in [-0.25, -0.2) is 0 Å². The number of hydrogen-bond donors (Lipinski definition) is 0. The van der Waals surface area contributed by atoms with Crippen molar-refractivity contribution in [2.75, 3.05) is 4.90 Å². The molecule has 3 heterocycles. The fourth-order valence-corrected chi connectivity index (χ4v) is 11.0. The Morgan fingerprint density at radius 3 is 1.65 bits per heavy atom. The van der Waals surface area contributed by atoms with Gasteiger partial charge < -0.3 is 9.32 Å². The van der Waals surface area contributed by atoms with Crippen LogP contribution in [0.4, 0.5) is 17.1 Å². The molecule has 0 atom stereocenters. The fraction of sp³-hybridized carbons (Fsp3) is 0. The molecule has 3 nitrogen and oxygen atoms in total. The molecule has 0 spiro atoms. The van der Waals surface area contributed by atoms with E-state index in [0.29, 0.717) is 0 Å². The second kappa shape index (κ2) is 13.8. The van der Waals surface area contributed by atoms with Gasteiger partial charge in [0.25, 0.3) is 0 Å². The number of anilines is 3. The van der Waals surface area contributed by atoms with Gasteiger partial charge in [-0.1, -0.05) is 170 Å². The lowest BCUT2D eigenvalue weighted by molar-refractivity contribution is 0.659. The molecule has 290 valence electrons. The number of aromatic nitrogens is 1. The third-order valence-electron chi connectivity index (χ3n) is 12.6. The van der Waals surface area contributed by atoms with Gasteiger partial charge in [0.2, 0.25) is 5.71 Å². The highest BCUT2D eigenvalue weighted by molar-refractivity contribution is 7.26. The molecule has 0 amide bonds. The van der Waals surface area contributed by atoms with Crippen molar-refractivity contribution in [1.29, 1.82) is 0 Å². The summed E-state index contributed by atoms with van der Waals surface area (Å²) in [6.07, 6.45) is 0. The molecule has 13 aromatic rings. The molecule has 0 aliphatic rings. The Hall–Kier alpha value is -7.92. The van der Waals surface area contributed by atoms with Crippen molar-refractivity contribution >= 4 is 97.8 Å². The number of benzene rings is 10. The van der Waals surface area contributed by atoms with E-state index in [4.69, 9.17) is 4.42 Å². The van der Waals surface area contributed by atoms with E-state index in [0.717, 1.165) is 56.1 Å². The van der Waals surface area contributed by atoms with Crippen molar-refractivity contribution in [2.45, 2.75) is 0 Å². The molecule has 10 aromatic carbocycles. The zero-order valence-electron chi connectivity index (χ0n) is 33.5. The van der Waals surface area contributed by atoms with Gasteiger partial charge in [-0.05, 0) is 92.3 Å². The highest BCUT2D eigenvalue weighted by Gasteiger charge is 2.23. The van der Waals surface area contributed by atoms with Crippen molar-refractivity contribution in [1.82, 2.24) is 4.40 Å². The number of nitrogens with zero attached hydrogens (tertiary/aromatic N) is 2. The smallest absolute Gasteiger partial charge is 0.213 e. The van der Waals surface area contributed by atoms with Crippen LogP contribution in [0.1, 0.15) is 0 Å². The first kappa shape index (κ1) is 34.9. The fourth-order valence-electron chi connectivity index (χ4n) is 9.78. The highest BCUT2D eigenvalue weighted by atomic mass is 32.1. The van der Waals surface area contributed by atoms with Crippen LogP contribution in [0.2, 0.25) is 0 Å². The van der Waals surface area contributed by atoms with Crippen LogP contribution in [-0.2, 0) is 0 Å². The van der Waals surface area contributed by atoms with E-state index in [9.17, 15) is 0 Å². The number of para-hydroxylation sites is 2. The molecule has 62 heavy (non-hydrogen) atoms. The zero-order valence-corrected chi connectivity index (χ0v) is 34.3. The van der Waals surface area contributed by atoms with E-state index in [1.165, 1.54) is 63.8 Å². The van der Waals surface area contributed by atoms with Crippen molar-refractivity contribution in [2.24, 2.45) is 0 Å². The second-order valence-corrected chi connectivity index (χ2v) is 17.1. The van der Waals surface area contributed by atoms with E-state index >= 15 is 0 Å². The number of oxazole rings is 1. The van der Waals surface area contributed by atoms with Gasteiger partial charge >= 0.3 is 0 Å². The lowest BCUT2D eigenvalue weighted by atomic mass is 9.98. The van der Waals surface area contributed by atoms with Gasteiger partial charge in [-0.2, -0.15) is 0 Å². The topological polar surface area (TPSA) is 20.8 Å². The molecule has 0 N–H and O–H groups in total. The summed E-state index contributed by atoms with van der Waals surface area (Å²) in [5.41, 5.74) is 14.1. The van der Waals surface area contributed by atoms with Crippen molar-refractivity contribution in [3.05, 3.63) is 218 Å². The first-order valence-electron chi connectivity index (χ1n) is 21.1. The largest absolute Gasteiger partial charge is 0.437 e. The van der Waals surface area contributed by atoms with Crippen LogP contribution in [-0.4, -0.2) is 4.40 Å². The Kier molecular flexibility index (Phi) is 7.78. The van der Waals surface area contributed by atoms with Crippen molar-refractivity contribution in [3.63, 3.8) is 0 Å². The highest BCUT2D eigenvalue weighted by Crippen LogP contribution is 2.47. The molecule has 0 aliphatic heterocycles. The maximum absolute atomic E-state index is 7.08. The summed E-state index contributed by atoms with van der Waals surface area (Å²) in [7, 11) is 0. The Balaban J connectivity index is 0.963. The minimum Gasteiger partial charge on any atom is -0.437 e. The maximum atomic E-state index is 7.08. The number of hydrogen-bond acceptors (Lipinski definition) is 3. The van der Waals surface area contributed by atoms with Crippen LogP contribution in [0.3, 0.4) is 0 Å². The van der Waals surface area contributed by atoms with Crippen LogP contribution in [0.15, 0.2) is 223 Å². The standard InChI is InChI=1S/C58H36N2OS/c1-3-17-43-37(13-1)15-9-21-44(43)39-29-33-41(34-30-39)59(53-27-12-24-49-47-19-6-8-28-54(47)62-57(49)53)42-35-31-40(32-36-42)46-22-11-26-52-56(46)61-58-55(50-20-5-7-25-51(50)60(52)58)48-23-10-16-38-14-2-4-18-45(38)48/h1-36H. The van der Waals surface area contributed by atoms with Gasteiger partial charge in [0.05, 0.1) is 27.0 Å². The maximum Gasteiger partial charge on any atom is 0.213 e. The monoisotopic (exact) mass is 808 g/mol. The van der Waals surface area contributed by atoms with E-state index in [2.05, 4.69) is 228 Å². The molecule has 3 aromatic heterocycles. The van der Waals surface area contributed by atoms with Crippen LogP contribution >= 0.6 is 11.3 Å². The summed E-state index contributed by atoms with van der Waals surface area (Å²) in [5, 5.41) is 8.66. The molecule has 0 unspecified atom stereocenters. The third-order valence-corrected chi connectivity index (χ3v) is 13.8. The summed E-state index contributed by atoms with van der Waals surface area (Å²) in [5.74, 6) is 0. The average molecular weight is 809 g/mol. The minimum absolute atomic E-state index is 0.858. The number of fused-ring (bicyclic) bond motifs is 10. The van der Waals surface area contributed by atoms with Crippen LogP contribution in [0, 0.1) is 0 Å². The summed E-state index contributed by atoms with van der Waals surface area (Å²) < 4.78 is 11.9. The Morgan fingerprint density at radius 2 is 0.903 bits per heavy atom. The quantitative estimate of drug-likeness (QED) is 0.167. The SMILES string of the molecule is c1ccc2c(-c3ccc(N(c4ccc(-c5cccc6c5oc5c(-c7cccc8ccccc78)c7ccccc7n56)cc4)c4cccc5c4sc4ccccc45)cc3)cccc2c1. The third kappa shape index (κ3) is 5.30. The molecule has 0 saturated heterocycles. The molecule has 0 radical (unpaired) electrons. The van der Waals surface area contributed by atoms with Gasteiger partial charge in [-0.3, -0.25) is 4.40 Å². The molecule has 0 saturated carbocycles. The molecular weight excluding hydrogens is 773 g/mol. The second-order valence-electron chi connectivity index (χ2n) is 16.0. The first-order valence-corrected chi connectivity index (χ1v) is 21.9. The molecular formula is C58H36N2OS. The van der Waals surface area contributed by atoms with E-state index in [1.807, 2.05) is 11.3 Å². The molecule has 13 rings (SSSR count). The summed E-state index contributed by atoms with van der Waals surface area (Å²) >= 11 is 1.86. The molecule has 4 heteroatoms. The summed E-state index contributed by atoms with van der Waals surface area (Å²) in [4.78, 5) is 2.41. The average Bonchev–Trinajstić information content (AvgIpc) is 4.01. The summed E-state index contributed by atoms with van der Waals surface area (Å²) in [6, 6.07) is 79.0. The molecule has 0 aliphatic carbocycles. The number of rotatable bonds is 6. The molecule has 0 bridgehead atoms. The lowest BCUT2D eigenvalue weighted by Crippen LogP contribution is -2.10. The first-order chi connectivity index (χ1) is 30.8. The normalized spacial score (nSPS) is 11.9. The van der Waals surface area contributed by atoms with Gasteiger partial charge in [0, 0.05) is 37.8 Å². The van der Waals surface area contributed by atoms with Gasteiger partial charge in [-0.15, -0.1) is 11.3 Å². The van der Waals surface area contributed by atoms with Crippen molar-refractivity contribution < 1.29 is 4.42 Å². The van der Waals surface area contributed by atoms with E-state index in [-0.39, 0.29) is 0 Å². The predicted molar refractivity (Wildman–Crippen MR) is 264 cm³/mol. The Morgan fingerprint density at radius 1 is 0.387 bits per heavy atom. The Bertz CT molecular complexity index is 3860. The van der Waals surface area contributed by atoms with Crippen LogP contribution in [0.5, 0.6) is 0 Å². The number of thiophene rings is 1. The van der Waals surface area contributed by atoms with Gasteiger partial charge in [0.1, 0.15) is 0 Å². The summed E-state index contributed by atoms with van der Waals surface area (Å²) in [6.45, 7) is 0. The zero-order chi connectivity index (χ0) is 40.7. The minimum atomic E-state index is 0.858. The van der Waals surface area contributed by atoms with Crippen LogP contribution in [0.25, 0.3) is 103 Å². The predicted octanol–water partition coefficient (Wildman–Crippen LogP) is 17.0. The van der Waals surface area contributed by atoms with E-state index in [1.54, 1.807) is 0 Å². The molecule has 0 fully saturated rings.